The van der Waals surface area contributed by atoms with Gasteiger partial charge in [0, 0.05) is 5.56 Å². The van der Waals surface area contributed by atoms with E-state index in [1.54, 1.807) is 54.6 Å². The van der Waals surface area contributed by atoms with Crippen molar-refractivity contribution >= 4 is 0 Å². The molecule has 0 saturated carbocycles. The Morgan fingerprint density at radius 2 is 1.68 bits per heavy atom. The van der Waals surface area contributed by atoms with Gasteiger partial charge in [-0.2, -0.15) is 5.26 Å². The average Bonchev–Trinajstić information content (AvgIpc) is 2.88. The van der Waals surface area contributed by atoms with E-state index in [0.717, 1.165) is 4.57 Å². The number of benzene rings is 2. The van der Waals surface area contributed by atoms with Crippen molar-refractivity contribution in [1.82, 2.24) is 4.57 Å². The zero-order valence-electron chi connectivity index (χ0n) is 18.3. The van der Waals surface area contributed by atoms with Crippen LogP contribution in [0, 0.1) is 11.3 Å². The van der Waals surface area contributed by atoms with E-state index in [-0.39, 0.29) is 5.56 Å². The predicted octanol–water partition coefficient (Wildman–Crippen LogP) is 1.03. The highest BCUT2D eigenvalue weighted by atomic mass is 16.6. The Morgan fingerprint density at radius 3 is 2.26 bits per heavy atom. The molecule has 0 unspecified atom stereocenters. The number of rotatable bonds is 5. The highest BCUT2D eigenvalue weighted by Crippen LogP contribution is 2.34. The van der Waals surface area contributed by atoms with Crippen LogP contribution < -0.4 is 10.3 Å². The normalized spacial score (nSPS) is 24.4. The lowest BCUT2D eigenvalue weighted by atomic mass is 9.95. The Hall–Kier alpha value is -3.52. The summed E-state index contributed by atoms with van der Waals surface area (Å²) in [6.07, 6.45) is -7.68. The van der Waals surface area contributed by atoms with E-state index >= 15 is 0 Å². The summed E-state index contributed by atoms with van der Waals surface area (Å²) in [4.78, 5) is 13.7. The standard InChI is InChI=1S/C25H24N2O7/c1-33-16-9-7-15(8-10-16)19-11-17(14-5-3-2-4-6-14)18(12-26)24(32)27(19)25-23(31)22(30)21(29)20(13-28)34-25/h2-11,20-23,25,28-31H,13H2,1H3/t20-,21+,22+,23-,25-/m0/s1. The van der Waals surface area contributed by atoms with Gasteiger partial charge in [-0.25, -0.2) is 0 Å². The van der Waals surface area contributed by atoms with Crippen LogP contribution in [-0.4, -0.2) is 63.1 Å². The van der Waals surface area contributed by atoms with Crippen LogP contribution in [0.2, 0.25) is 0 Å². The quantitative estimate of drug-likeness (QED) is 0.438. The van der Waals surface area contributed by atoms with Gasteiger partial charge in [0.05, 0.1) is 19.4 Å². The monoisotopic (exact) mass is 464 g/mol. The molecule has 9 heteroatoms. The van der Waals surface area contributed by atoms with Crippen molar-refractivity contribution in [2.75, 3.05) is 13.7 Å². The summed E-state index contributed by atoms with van der Waals surface area (Å²) in [5.41, 5.74) is 0.956. The van der Waals surface area contributed by atoms with Crippen LogP contribution in [0.25, 0.3) is 22.4 Å². The molecule has 1 aliphatic rings. The van der Waals surface area contributed by atoms with Gasteiger partial charge >= 0.3 is 0 Å². The van der Waals surface area contributed by atoms with Crippen LogP contribution in [-0.2, 0) is 4.74 Å². The third-order valence-corrected chi connectivity index (χ3v) is 5.95. The summed E-state index contributed by atoms with van der Waals surface area (Å²) in [7, 11) is 1.52. The first-order valence-electron chi connectivity index (χ1n) is 10.6. The summed E-state index contributed by atoms with van der Waals surface area (Å²) in [5.74, 6) is 0.586. The lowest BCUT2D eigenvalue weighted by molar-refractivity contribution is -0.251. The number of methoxy groups -OCH3 is 1. The van der Waals surface area contributed by atoms with Gasteiger partial charge in [0.15, 0.2) is 6.23 Å². The molecule has 4 rings (SSSR count). The van der Waals surface area contributed by atoms with Gasteiger partial charge in [0.2, 0.25) is 0 Å². The number of aliphatic hydroxyl groups excluding tert-OH is 4. The first-order chi connectivity index (χ1) is 16.4. The molecule has 2 aromatic carbocycles. The number of pyridine rings is 1. The van der Waals surface area contributed by atoms with Crippen molar-refractivity contribution in [3.8, 4) is 34.2 Å². The molecular formula is C25H24N2O7. The highest BCUT2D eigenvalue weighted by molar-refractivity contribution is 5.75. The third kappa shape index (κ3) is 4.09. The van der Waals surface area contributed by atoms with Crippen molar-refractivity contribution in [1.29, 1.82) is 5.26 Å². The van der Waals surface area contributed by atoms with Crippen molar-refractivity contribution in [2.45, 2.75) is 30.6 Å². The average molecular weight is 464 g/mol. The maximum absolute atomic E-state index is 13.7. The minimum atomic E-state index is -1.71. The summed E-state index contributed by atoms with van der Waals surface area (Å²) in [5, 5.41) is 50.7. The third-order valence-electron chi connectivity index (χ3n) is 5.95. The molecule has 1 aromatic heterocycles. The molecule has 1 fully saturated rings. The molecule has 0 bridgehead atoms. The van der Waals surface area contributed by atoms with E-state index in [4.69, 9.17) is 9.47 Å². The van der Waals surface area contributed by atoms with Gasteiger partial charge in [-0.15, -0.1) is 0 Å². The molecule has 9 nitrogen and oxygen atoms in total. The zero-order chi connectivity index (χ0) is 24.4. The molecule has 0 radical (unpaired) electrons. The first-order valence-corrected chi connectivity index (χ1v) is 10.6. The number of aromatic nitrogens is 1. The number of nitriles is 1. The molecule has 0 amide bonds. The molecule has 0 spiro atoms. The van der Waals surface area contributed by atoms with Crippen LogP contribution in [0.3, 0.4) is 0 Å². The number of ether oxygens (including phenoxy) is 2. The van der Waals surface area contributed by atoms with Gasteiger partial charge in [-0.3, -0.25) is 9.36 Å². The van der Waals surface area contributed by atoms with Crippen molar-refractivity contribution in [2.24, 2.45) is 0 Å². The summed E-state index contributed by atoms with van der Waals surface area (Å²) in [6, 6.07) is 19.3. The minimum absolute atomic E-state index is 0.180. The molecule has 34 heavy (non-hydrogen) atoms. The van der Waals surface area contributed by atoms with Crippen LogP contribution in [0.15, 0.2) is 65.5 Å². The van der Waals surface area contributed by atoms with E-state index in [0.29, 0.717) is 28.1 Å². The van der Waals surface area contributed by atoms with Gasteiger partial charge in [0.25, 0.3) is 5.56 Å². The predicted molar refractivity (Wildman–Crippen MR) is 122 cm³/mol. The smallest absolute Gasteiger partial charge is 0.271 e. The van der Waals surface area contributed by atoms with E-state index in [9.17, 15) is 30.5 Å². The second kappa shape index (κ2) is 9.77. The molecule has 2 heterocycles. The minimum Gasteiger partial charge on any atom is -0.497 e. The van der Waals surface area contributed by atoms with E-state index in [1.165, 1.54) is 7.11 Å². The molecule has 1 aliphatic heterocycles. The van der Waals surface area contributed by atoms with Crippen molar-refractivity contribution < 1.29 is 29.9 Å². The van der Waals surface area contributed by atoms with Gasteiger partial charge in [0.1, 0.15) is 41.8 Å². The Bertz CT molecular complexity index is 1250. The second-order valence-electron chi connectivity index (χ2n) is 7.92. The molecular weight excluding hydrogens is 440 g/mol. The Kier molecular flexibility index (Phi) is 6.79. The maximum atomic E-state index is 13.7. The largest absolute Gasteiger partial charge is 0.497 e. The molecule has 4 N–H and O–H groups in total. The fraction of sp³-hybridized carbons (Fsp3) is 0.280. The summed E-state index contributed by atoms with van der Waals surface area (Å²) < 4.78 is 12.0. The van der Waals surface area contributed by atoms with E-state index < -0.39 is 42.8 Å². The fourth-order valence-electron chi connectivity index (χ4n) is 4.11. The topological polar surface area (TPSA) is 145 Å². The fourth-order valence-corrected chi connectivity index (χ4v) is 4.11. The van der Waals surface area contributed by atoms with Gasteiger partial charge in [-0.1, -0.05) is 30.3 Å². The lowest BCUT2D eigenvalue weighted by Gasteiger charge is -2.41. The molecule has 0 aliphatic carbocycles. The van der Waals surface area contributed by atoms with E-state index in [2.05, 4.69) is 0 Å². The zero-order valence-corrected chi connectivity index (χ0v) is 18.3. The molecule has 176 valence electrons. The number of hydrogen-bond acceptors (Lipinski definition) is 8. The van der Waals surface area contributed by atoms with Crippen LogP contribution in [0.5, 0.6) is 5.75 Å². The summed E-state index contributed by atoms with van der Waals surface area (Å²) in [6.45, 7) is -0.652. The lowest BCUT2D eigenvalue weighted by Crippen LogP contribution is -2.57. The number of nitrogens with zero attached hydrogens (tertiary/aromatic N) is 2. The Labute approximate surface area is 195 Å². The SMILES string of the molecule is COc1ccc(-c2cc(-c3ccccc3)c(C#N)c(=O)n2[C@H]2O[C@@H](CO)[C@@H](O)[C@@H](O)[C@@H]2O)cc1. The summed E-state index contributed by atoms with van der Waals surface area (Å²) >= 11 is 0. The molecule has 1 saturated heterocycles. The van der Waals surface area contributed by atoms with E-state index in [1.807, 2.05) is 12.1 Å². The van der Waals surface area contributed by atoms with Crippen LogP contribution in [0.1, 0.15) is 11.8 Å². The van der Waals surface area contributed by atoms with Gasteiger partial charge in [-0.05, 0) is 41.5 Å². The Balaban J connectivity index is 2.00. The molecule has 5 atom stereocenters. The van der Waals surface area contributed by atoms with Crippen molar-refractivity contribution in [3.63, 3.8) is 0 Å². The van der Waals surface area contributed by atoms with Crippen molar-refractivity contribution in [3.05, 3.63) is 76.6 Å². The maximum Gasteiger partial charge on any atom is 0.271 e. The first kappa shape index (κ1) is 23.6. The van der Waals surface area contributed by atoms with Crippen LogP contribution >= 0.6 is 0 Å². The number of hydrogen-bond donors (Lipinski definition) is 4. The molecule has 3 aromatic rings. The second-order valence-corrected chi connectivity index (χ2v) is 7.92. The highest BCUT2D eigenvalue weighted by Gasteiger charge is 2.45. The number of aliphatic hydroxyl groups is 4. The van der Waals surface area contributed by atoms with Crippen LogP contribution in [0.4, 0.5) is 0 Å². The van der Waals surface area contributed by atoms with Gasteiger partial charge < -0.3 is 29.9 Å². The Morgan fingerprint density at radius 1 is 1.00 bits per heavy atom.